The van der Waals surface area contributed by atoms with Gasteiger partial charge in [-0.25, -0.2) is 0 Å². The molecular weight excluding hydrogens is 242 g/mol. The van der Waals surface area contributed by atoms with Crippen molar-refractivity contribution in [3.8, 4) is 5.75 Å². The molecule has 1 aromatic heterocycles. The van der Waals surface area contributed by atoms with E-state index in [9.17, 15) is 4.79 Å². The van der Waals surface area contributed by atoms with Crippen molar-refractivity contribution < 1.29 is 9.53 Å². The van der Waals surface area contributed by atoms with Crippen molar-refractivity contribution in [1.29, 1.82) is 0 Å². The Morgan fingerprint density at radius 3 is 2.58 bits per heavy atom. The van der Waals surface area contributed by atoms with Gasteiger partial charge in [0.2, 0.25) is 0 Å². The van der Waals surface area contributed by atoms with Crippen LogP contribution in [0.1, 0.15) is 49.0 Å². The Bertz CT molecular complexity index is 446. The monoisotopic (exact) mass is 265 g/mol. The molecule has 2 rings (SSSR count). The van der Waals surface area contributed by atoms with Crippen molar-refractivity contribution in [1.82, 2.24) is 9.78 Å². The molecule has 0 bridgehead atoms. The molecule has 106 valence electrons. The summed E-state index contributed by atoms with van der Waals surface area (Å²) in [5.41, 5.74) is 6.08. The fourth-order valence-electron chi connectivity index (χ4n) is 3.01. The van der Waals surface area contributed by atoms with Crippen molar-refractivity contribution in [2.75, 3.05) is 13.7 Å². The topological polar surface area (TPSA) is 70.1 Å². The Morgan fingerprint density at radius 1 is 1.42 bits per heavy atom. The Morgan fingerprint density at radius 2 is 2.05 bits per heavy atom. The summed E-state index contributed by atoms with van der Waals surface area (Å²) in [7, 11) is 3.34. The molecule has 1 aromatic rings. The number of ketones is 1. The van der Waals surface area contributed by atoms with Crippen LogP contribution in [0, 0.1) is 5.41 Å². The minimum atomic E-state index is -0.433. The van der Waals surface area contributed by atoms with Crippen LogP contribution >= 0.6 is 0 Å². The molecule has 5 nitrogen and oxygen atoms in total. The van der Waals surface area contributed by atoms with Crippen molar-refractivity contribution >= 4 is 5.78 Å². The van der Waals surface area contributed by atoms with Gasteiger partial charge in [-0.3, -0.25) is 9.48 Å². The van der Waals surface area contributed by atoms with Gasteiger partial charge in [0.25, 0.3) is 0 Å². The molecule has 0 aromatic carbocycles. The fraction of sp³-hybridized carbons (Fsp3) is 0.714. The maximum absolute atomic E-state index is 12.9. The maximum Gasteiger partial charge on any atom is 0.192 e. The third-order valence-electron chi connectivity index (χ3n) is 4.27. The molecule has 0 atom stereocenters. The van der Waals surface area contributed by atoms with Gasteiger partial charge in [0.05, 0.1) is 13.3 Å². The van der Waals surface area contributed by atoms with Crippen LogP contribution in [-0.4, -0.2) is 29.2 Å². The molecule has 1 aliphatic rings. The van der Waals surface area contributed by atoms with E-state index in [2.05, 4.69) is 5.10 Å². The number of nitrogens with zero attached hydrogens (tertiary/aromatic N) is 2. The van der Waals surface area contributed by atoms with E-state index in [1.54, 1.807) is 25.0 Å². The summed E-state index contributed by atoms with van der Waals surface area (Å²) >= 11 is 0. The summed E-state index contributed by atoms with van der Waals surface area (Å²) < 4.78 is 6.85. The van der Waals surface area contributed by atoms with Gasteiger partial charge in [0, 0.05) is 19.0 Å². The van der Waals surface area contributed by atoms with Crippen LogP contribution in [0.3, 0.4) is 0 Å². The number of nitrogens with two attached hydrogens (primary N) is 1. The average Bonchev–Trinajstić information content (AvgIpc) is 2.65. The van der Waals surface area contributed by atoms with Gasteiger partial charge < -0.3 is 10.5 Å². The summed E-state index contributed by atoms with van der Waals surface area (Å²) in [5, 5.41) is 4.12. The number of hydrogen-bond acceptors (Lipinski definition) is 4. The molecule has 0 radical (unpaired) electrons. The zero-order valence-corrected chi connectivity index (χ0v) is 11.8. The van der Waals surface area contributed by atoms with E-state index >= 15 is 0 Å². The van der Waals surface area contributed by atoms with Crippen LogP contribution in [-0.2, 0) is 7.05 Å². The number of carbonyl (C=O) groups excluding carboxylic acids is 1. The van der Waals surface area contributed by atoms with E-state index in [1.807, 2.05) is 0 Å². The van der Waals surface area contributed by atoms with E-state index in [1.165, 1.54) is 12.8 Å². The van der Waals surface area contributed by atoms with E-state index < -0.39 is 5.41 Å². The molecule has 19 heavy (non-hydrogen) atoms. The number of Topliss-reactive ketones (excluding diaryl/α,β-unsaturated/α-hetero) is 1. The van der Waals surface area contributed by atoms with Crippen molar-refractivity contribution in [3.63, 3.8) is 0 Å². The lowest BCUT2D eigenvalue weighted by Crippen LogP contribution is -2.39. The van der Waals surface area contributed by atoms with Crippen molar-refractivity contribution in [2.24, 2.45) is 18.2 Å². The number of methoxy groups -OCH3 is 1. The van der Waals surface area contributed by atoms with Crippen molar-refractivity contribution in [2.45, 2.75) is 38.5 Å². The highest BCUT2D eigenvalue weighted by molar-refractivity contribution is 6.01. The number of rotatable bonds is 4. The van der Waals surface area contributed by atoms with E-state index in [4.69, 9.17) is 10.5 Å². The van der Waals surface area contributed by atoms with Crippen LogP contribution in [0.25, 0.3) is 0 Å². The zero-order valence-electron chi connectivity index (χ0n) is 11.8. The molecule has 0 aliphatic heterocycles. The van der Waals surface area contributed by atoms with Gasteiger partial charge in [-0.15, -0.1) is 0 Å². The Kier molecular flexibility index (Phi) is 4.24. The molecule has 1 aliphatic carbocycles. The highest BCUT2D eigenvalue weighted by Gasteiger charge is 2.40. The number of aromatic nitrogens is 2. The fourth-order valence-corrected chi connectivity index (χ4v) is 3.01. The minimum absolute atomic E-state index is 0.0914. The van der Waals surface area contributed by atoms with Gasteiger partial charge in [-0.2, -0.15) is 5.10 Å². The smallest absolute Gasteiger partial charge is 0.192 e. The lowest BCUT2D eigenvalue weighted by Gasteiger charge is -2.29. The highest BCUT2D eigenvalue weighted by Crippen LogP contribution is 2.38. The number of carbonyl (C=O) groups is 1. The second-order valence-corrected chi connectivity index (χ2v) is 5.41. The zero-order chi connectivity index (χ0) is 13.9. The van der Waals surface area contributed by atoms with Crippen LogP contribution in [0.4, 0.5) is 0 Å². The van der Waals surface area contributed by atoms with Crippen LogP contribution < -0.4 is 10.5 Å². The average molecular weight is 265 g/mol. The Hall–Kier alpha value is -1.36. The van der Waals surface area contributed by atoms with E-state index in [0.717, 1.165) is 25.7 Å². The number of aryl methyl sites for hydroxylation is 1. The molecule has 0 saturated heterocycles. The second-order valence-electron chi connectivity index (χ2n) is 5.41. The highest BCUT2D eigenvalue weighted by atomic mass is 16.5. The lowest BCUT2D eigenvalue weighted by molar-refractivity contribution is 0.0760. The molecule has 1 saturated carbocycles. The molecule has 0 spiro atoms. The molecule has 1 fully saturated rings. The summed E-state index contributed by atoms with van der Waals surface area (Å²) in [6, 6.07) is 0. The first-order valence-corrected chi connectivity index (χ1v) is 6.95. The molecule has 2 N–H and O–H groups in total. The predicted molar refractivity (Wildman–Crippen MR) is 73.3 cm³/mol. The van der Waals surface area contributed by atoms with Gasteiger partial charge in [-0.1, -0.05) is 25.7 Å². The predicted octanol–water partition coefficient (Wildman–Crippen LogP) is 1.91. The van der Waals surface area contributed by atoms with Crippen LogP contribution in [0.5, 0.6) is 5.75 Å². The van der Waals surface area contributed by atoms with Gasteiger partial charge in [0.15, 0.2) is 11.5 Å². The third-order valence-corrected chi connectivity index (χ3v) is 4.27. The Labute approximate surface area is 114 Å². The summed E-state index contributed by atoms with van der Waals surface area (Å²) in [6.45, 7) is 0.403. The van der Waals surface area contributed by atoms with E-state index in [0.29, 0.717) is 18.0 Å². The number of ether oxygens (including phenoxy) is 1. The summed E-state index contributed by atoms with van der Waals surface area (Å²) in [5.74, 6) is 0.637. The van der Waals surface area contributed by atoms with Gasteiger partial charge >= 0.3 is 0 Å². The molecule has 0 unspecified atom stereocenters. The lowest BCUT2D eigenvalue weighted by atomic mass is 9.75. The minimum Gasteiger partial charge on any atom is -0.493 e. The van der Waals surface area contributed by atoms with E-state index in [-0.39, 0.29) is 5.78 Å². The van der Waals surface area contributed by atoms with Crippen LogP contribution in [0.15, 0.2) is 6.20 Å². The Balaban J connectivity index is 2.36. The normalized spacial score (nSPS) is 18.9. The number of hydrogen-bond donors (Lipinski definition) is 1. The standard InChI is InChI=1S/C14H23N3O2/c1-17-12(11(19-2)9-16-17)13(18)14(10-15)7-5-3-4-6-8-14/h9H,3-8,10,15H2,1-2H3. The molecule has 5 heteroatoms. The molecular formula is C14H23N3O2. The quantitative estimate of drug-likeness (QED) is 0.667. The van der Waals surface area contributed by atoms with Crippen molar-refractivity contribution in [3.05, 3.63) is 11.9 Å². The molecule has 0 amide bonds. The summed E-state index contributed by atoms with van der Waals surface area (Å²) in [4.78, 5) is 12.9. The summed E-state index contributed by atoms with van der Waals surface area (Å²) in [6.07, 6.45) is 7.86. The van der Waals surface area contributed by atoms with Gasteiger partial charge in [-0.05, 0) is 12.8 Å². The third kappa shape index (κ3) is 2.52. The molecule has 1 heterocycles. The SMILES string of the molecule is COc1cnn(C)c1C(=O)C1(CN)CCCCCC1. The maximum atomic E-state index is 12.9. The first-order valence-electron chi connectivity index (χ1n) is 6.95. The largest absolute Gasteiger partial charge is 0.493 e. The van der Waals surface area contributed by atoms with Crippen LogP contribution in [0.2, 0.25) is 0 Å². The first-order chi connectivity index (χ1) is 9.14. The first kappa shape index (κ1) is 14.1. The second kappa shape index (κ2) is 5.74. The van der Waals surface area contributed by atoms with Gasteiger partial charge in [0.1, 0.15) is 5.69 Å².